The Morgan fingerprint density at radius 1 is 1.22 bits per heavy atom. The Morgan fingerprint density at radius 2 is 1.83 bits per heavy atom. The number of anilines is 1. The summed E-state index contributed by atoms with van der Waals surface area (Å²) < 4.78 is 13.3. The molecule has 1 aromatic rings. The average molecular weight is 320 g/mol. The Labute approximate surface area is 137 Å². The van der Waals surface area contributed by atoms with Gasteiger partial charge in [0.05, 0.1) is 0 Å². The Kier molecular flexibility index (Phi) is 5.07. The van der Waals surface area contributed by atoms with Crippen molar-refractivity contribution in [3.05, 3.63) is 29.6 Å². The zero-order chi connectivity index (χ0) is 17.2. The molecule has 0 bridgehead atoms. The number of aryl methyl sites for hydroxylation is 1. The van der Waals surface area contributed by atoms with Crippen LogP contribution in [0.5, 0.6) is 0 Å². The van der Waals surface area contributed by atoms with Crippen molar-refractivity contribution in [2.75, 3.05) is 18.4 Å². The summed E-state index contributed by atoms with van der Waals surface area (Å²) in [5, 5.41) is 2.81. The average Bonchev–Trinajstić information content (AvgIpc) is 2.49. The lowest BCUT2D eigenvalue weighted by Crippen LogP contribution is -2.45. The molecule has 2 rings (SSSR count). The normalized spacial score (nSPS) is 16.3. The Bertz CT molecular complexity index is 600. The van der Waals surface area contributed by atoms with E-state index in [4.69, 9.17) is 0 Å². The van der Waals surface area contributed by atoms with Gasteiger partial charge in [-0.2, -0.15) is 0 Å². The first-order valence-electron chi connectivity index (χ1n) is 8.05. The molecule has 0 aliphatic carbocycles. The molecule has 1 heterocycles. The summed E-state index contributed by atoms with van der Waals surface area (Å²) in [6.45, 7) is 8.73. The van der Waals surface area contributed by atoms with Crippen LogP contribution in [-0.4, -0.2) is 29.8 Å². The highest BCUT2D eigenvalue weighted by molar-refractivity contribution is 5.93. The van der Waals surface area contributed by atoms with Crippen LogP contribution in [0, 0.1) is 24.1 Å². The standard InChI is InChI=1S/C18H25FN2O2/c1-12-5-6-14(19)11-15(12)20-16(22)13-7-9-21(10-8-13)17(23)18(2,3)4/h5-6,11,13H,7-10H2,1-4H3,(H,20,22). The van der Waals surface area contributed by atoms with E-state index in [2.05, 4.69) is 5.32 Å². The number of amides is 2. The van der Waals surface area contributed by atoms with E-state index in [1.807, 2.05) is 32.6 Å². The van der Waals surface area contributed by atoms with Gasteiger partial charge in [-0.05, 0) is 37.5 Å². The van der Waals surface area contributed by atoms with Gasteiger partial charge in [-0.1, -0.05) is 26.8 Å². The van der Waals surface area contributed by atoms with Gasteiger partial charge in [0.1, 0.15) is 5.82 Å². The van der Waals surface area contributed by atoms with Crippen molar-refractivity contribution in [1.82, 2.24) is 4.90 Å². The minimum absolute atomic E-state index is 0.0958. The first-order valence-corrected chi connectivity index (χ1v) is 8.05. The number of carbonyl (C=O) groups is 2. The topological polar surface area (TPSA) is 49.4 Å². The number of rotatable bonds is 2. The first-order chi connectivity index (χ1) is 10.7. The predicted molar refractivity (Wildman–Crippen MR) is 88.5 cm³/mol. The zero-order valence-corrected chi connectivity index (χ0v) is 14.3. The Balaban J connectivity index is 1.94. The van der Waals surface area contributed by atoms with E-state index < -0.39 is 5.41 Å². The van der Waals surface area contributed by atoms with Crippen LogP contribution < -0.4 is 5.32 Å². The van der Waals surface area contributed by atoms with Crippen molar-refractivity contribution >= 4 is 17.5 Å². The fourth-order valence-corrected chi connectivity index (χ4v) is 2.78. The number of halogens is 1. The molecule has 0 spiro atoms. The summed E-state index contributed by atoms with van der Waals surface area (Å²) in [5.41, 5.74) is 0.955. The number of benzene rings is 1. The molecule has 4 nitrogen and oxygen atoms in total. The van der Waals surface area contributed by atoms with Crippen LogP contribution in [-0.2, 0) is 9.59 Å². The lowest BCUT2D eigenvalue weighted by molar-refractivity contribution is -0.142. The maximum absolute atomic E-state index is 13.3. The molecule has 1 aliphatic heterocycles. The maximum atomic E-state index is 13.3. The highest BCUT2D eigenvalue weighted by Gasteiger charge is 2.32. The Hall–Kier alpha value is -1.91. The highest BCUT2D eigenvalue weighted by Crippen LogP contribution is 2.25. The summed E-state index contributed by atoms with van der Waals surface area (Å²) in [7, 11) is 0. The lowest BCUT2D eigenvalue weighted by Gasteiger charge is -2.35. The second-order valence-corrected chi connectivity index (χ2v) is 7.26. The molecule has 1 saturated heterocycles. The van der Waals surface area contributed by atoms with Crippen LogP contribution in [0.15, 0.2) is 18.2 Å². The number of likely N-dealkylation sites (tertiary alicyclic amines) is 1. The molecule has 0 radical (unpaired) electrons. The van der Waals surface area contributed by atoms with E-state index in [0.29, 0.717) is 31.6 Å². The summed E-state index contributed by atoms with van der Waals surface area (Å²) in [6, 6.07) is 4.36. The molecule has 1 aliphatic rings. The molecule has 1 N–H and O–H groups in total. The second kappa shape index (κ2) is 6.69. The fourth-order valence-electron chi connectivity index (χ4n) is 2.78. The third kappa shape index (κ3) is 4.30. The third-order valence-electron chi connectivity index (χ3n) is 4.25. The summed E-state index contributed by atoms with van der Waals surface area (Å²) in [5.74, 6) is -0.475. The van der Waals surface area contributed by atoms with Crippen molar-refractivity contribution in [1.29, 1.82) is 0 Å². The lowest BCUT2D eigenvalue weighted by atomic mass is 9.90. The molecule has 2 amide bonds. The van der Waals surface area contributed by atoms with Gasteiger partial charge in [0, 0.05) is 30.1 Å². The molecular weight excluding hydrogens is 295 g/mol. The minimum atomic E-state index is -0.395. The van der Waals surface area contributed by atoms with Gasteiger partial charge in [-0.15, -0.1) is 0 Å². The quantitative estimate of drug-likeness (QED) is 0.908. The number of nitrogens with one attached hydrogen (secondary N) is 1. The smallest absolute Gasteiger partial charge is 0.227 e. The molecule has 0 saturated carbocycles. The fraction of sp³-hybridized carbons (Fsp3) is 0.556. The summed E-state index contributed by atoms with van der Waals surface area (Å²) in [6.07, 6.45) is 1.28. The predicted octanol–water partition coefficient (Wildman–Crippen LogP) is 3.36. The van der Waals surface area contributed by atoms with E-state index in [9.17, 15) is 14.0 Å². The van der Waals surface area contributed by atoms with E-state index in [-0.39, 0.29) is 23.5 Å². The van der Waals surface area contributed by atoms with E-state index in [1.54, 1.807) is 6.07 Å². The van der Waals surface area contributed by atoms with Crippen molar-refractivity contribution in [2.24, 2.45) is 11.3 Å². The van der Waals surface area contributed by atoms with E-state index >= 15 is 0 Å². The Morgan fingerprint density at radius 3 is 2.39 bits per heavy atom. The van der Waals surface area contributed by atoms with Gasteiger partial charge < -0.3 is 10.2 Å². The molecule has 0 unspecified atom stereocenters. The van der Waals surface area contributed by atoms with Gasteiger partial charge in [-0.25, -0.2) is 4.39 Å². The first kappa shape index (κ1) is 17.4. The molecule has 0 aromatic heterocycles. The molecule has 126 valence electrons. The summed E-state index contributed by atoms with van der Waals surface area (Å²) in [4.78, 5) is 26.5. The molecular formula is C18H25FN2O2. The van der Waals surface area contributed by atoms with Gasteiger partial charge in [0.15, 0.2) is 0 Å². The van der Waals surface area contributed by atoms with Crippen molar-refractivity contribution in [3.8, 4) is 0 Å². The van der Waals surface area contributed by atoms with Gasteiger partial charge in [0.25, 0.3) is 0 Å². The van der Waals surface area contributed by atoms with Crippen molar-refractivity contribution < 1.29 is 14.0 Å². The van der Waals surface area contributed by atoms with Gasteiger partial charge in [-0.3, -0.25) is 9.59 Å². The second-order valence-electron chi connectivity index (χ2n) is 7.26. The molecule has 1 aromatic carbocycles. The zero-order valence-electron chi connectivity index (χ0n) is 14.3. The van der Waals surface area contributed by atoms with Crippen LogP contribution in [0.25, 0.3) is 0 Å². The number of piperidine rings is 1. The van der Waals surface area contributed by atoms with E-state index in [1.165, 1.54) is 12.1 Å². The van der Waals surface area contributed by atoms with Gasteiger partial charge >= 0.3 is 0 Å². The SMILES string of the molecule is Cc1ccc(F)cc1NC(=O)C1CCN(C(=O)C(C)(C)C)CC1. The van der Waals surface area contributed by atoms with Crippen molar-refractivity contribution in [3.63, 3.8) is 0 Å². The van der Waals surface area contributed by atoms with Crippen LogP contribution in [0.1, 0.15) is 39.2 Å². The van der Waals surface area contributed by atoms with Crippen LogP contribution in [0.2, 0.25) is 0 Å². The maximum Gasteiger partial charge on any atom is 0.227 e. The number of hydrogen-bond acceptors (Lipinski definition) is 2. The van der Waals surface area contributed by atoms with Crippen LogP contribution >= 0.6 is 0 Å². The number of nitrogens with zero attached hydrogens (tertiary/aromatic N) is 1. The highest BCUT2D eigenvalue weighted by atomic mass is 19.1. The molecule has 0 atom stereocenters. The number of carbonyl (C=O) groups excluding carboxylic acids is 2. The minimum Gasteiger partial charge on any atom is -0.342 e. The molecule has 1 fully saturated rings. The third-order valence-corrected chi connectivity index (χ3v) is 4.25. The van der Waals surface area contributed by atoms with Gasteiger partial charge in [0.2, 0.25) is 11.8 Å². The largest absolute Gasteiger partial charge is 0.342 e. The van der Waals surface area contributed by atoms with Crippen LogP contribution in [0.3, 0.4) is 0 Å². The number of hydrogen-bond donors (Lipinski definition) is 1. The molecule has 5 heteroatoms. The van der Waals surface area contributed by atoms with E-state index in [0.717, 1.165) is 5.56 Å². The monoisotopic (exact) mass is 320 g/mol. The van der Waals surface area contributed by atoms with Crippen molar-refractivity contribution in [2.45, 2.75) is 40.5 Å². The molecule has 23 heavy (non-hydrogen) atoms. The summed E-state index contributed by atoms with van der Waals surface area (Å²) >= 11 is 0. The van der Waals surface area contributed by atoms with Crippen LogP contribution in [0.4, 0.5) is 10.1 Å².